The Labute approximate surface area is 121 Å². The zero-order valence-corrected chi connectivity index (χ0v) is 13.5. The van der Waals surface area contributed by atoms with Gasteiger partial charge in [0.1, 0.15) is 0 Å². The molecule has 7 nitrogen and oxygen atoms in total. The first-order valence-corrected chi connectivity index (χ1v) is 8.17. The Morgan fingerprint density at radius 3 is 2.45 bits per heavy atom. The van der Waals surface area contributed by atoms with Gasteiger partial charge in [-0.05, 0) is 34.0 Å². The van der Waals surface area contributed by atoms with Crippen molar-refractivity contribution in [1.82, 2.24) is 19.4 Å². The molecule has 1 heterocycles. The predicted octanol–water partition coefficient (Wildman–Crippen LogP) is 0.139. The molecular formula is C12H25N5O2S. The molecule has 0 bridgehead atoms. The van der Waals surface area contributed by atoms with Crippen LogP contribution in [0.1, 0.15) is 24.6 Å². The Morgan fingerprint density at radius 2 is 1.95 bits per heavy atom. The number of rotatable bonds is 8. The monoisotopic (exact) mass is 303 g/mol. The third-order valence-corrected chi connectivity index (χ3v) is 5.14. The third kappa shape index (κ3) is 3.78. The molecule has 0 saturated carbocycles. The Morgan fingerprint density at radius 1 is 1.30 bits per heavy atom. The summed E-state index contributed by atoms with van der Waals surface area (Å²) in [4.78, 5) is 2.03. The van der Waals surface area contributed by atoms with Gasteiger partial charge in [0.2, 0.25) is 0 Å². The number of nitrogens with zero attached hydrogens (tertiary/aromatic N) is 3. The summed E-state index contributed by atoms with van der Waals surface area (Å²) in [6.07, 6.45) is 0.779. The lowest BCUT2D eigenvalue weighted by Crippen LogP contribution is -2.34. The highest BCUT2D eigenvalue weighted by Crippen LogP contribution is 2.20. The summed E-state index contributed by atoms with van der Waals surface area (Å²) in [6, 6.07) is 0. The van der Waals surface area contributed by atoms with Crippen LogP contribution in [-0.2, 0) is 16.6 Å². The number of H-pyrrole nitrogens is 1. The number of aryl methyl sites for hydroxylation is 1. The van der Waals surface area contributed by atoms with Crippen LogP contribution >= 0.6 is 0 Å². The summed E-state index contributed by atoms with van der Waals surface area (Å²) in [5.74, 6) is 0. The first-order chi connectivity index (χ1) is 9.34. The van der Waals surface area contributed by atoms with Gasteiger partial charge in [0.05, 0.1) is 0 Å². The van der Waals surface area contributed by atoms with E-state index in [0.29, 0.717) is 24.3 Å². The number of nitrogens with two attached hydrogens (primary N) is 1. The number of hydrogen-bond donors (Lipinski definition) is 2. The smallest absolute Gasteiger partial charge is 0.262 e. The molecule has 0 aliphatic heterocycles. The molecule has 0 aliphatic carbocycles. The minimum absolute atomic E-state index is 0.0594. The summed E-state index contributed by atoms with van der Waals surface area (Å²) >= 11 is 0. The highest BCUT2D eigenvalue weighted by atomic mass is 32.2. The van der Waals surface area contributed by atoms with Crippen molar-refractivity contribution in [2.24, 2.45) is 5.73 Å². The molecule has 0 aliphatic rings. The van der Waals surface area contributed by atoms with Crippen molar-refractivity contribution in [3.8, 4) is 0 Å². The van der Waals surface area contributed by atoms with Gasteiger partial charge in [-0.1, -0.05) is 6.92 Å². The SMILES string of the molecule is CCN(CCCN(C)C)S(=O)(=O)c1n[nH]c(C)c1CN. The number of aromatic nitrogens is 2. The van der Waals surface area contributed by atoms with Crippen LogP contribution < -0.4 is 5.73 Å². The molecule has 1 rings (SSSR count). The van der Waals surface area contributed by atoms with Gasteiger partial charge in [-0.3, -0.25) is 5.10 Å². The highest BCUT2D eigenvalue weighted by molar-refractivity contribution is 7.89. The summed E-state index contributed by atoms with van der Waals surface area (Å²) in [5.41, 5.74) is 6.89. The van der Waals surface area contributed by atoms with E-state index >= 15 is 0 Å². The van der Waals surface area contributed by atoms with E-state index in [1.807, 2.05) is 25.9 Å². The van der Waals surface area contributed by atoms with Crippen LogP contribution in [0.3, 0.4) is 0 Å². The van der Waals surface area contributed by atoms with Crippen molar-refractivity contribution in [1.29, 1.82) is 0 Å². The molecular weight excluding hydrogens is 278 g/mol. The van der Waals surface area contributed by atoms with Gasteiger partial charge in [-0.15, -0.1) is 0 Å². The van der Waals surface area contributed by atoms with Gasteiger partial charge in [-0.25, -0.2) is 8.42 Å². The molecule has 0 unspecified atom stereocenters. The van der Waals surface area contributed by atoms with Crippen LogP contribution in [0.25, 0.3) is 0 Å². The van der Waals surface area contributed by atoms with E-state index in [4.69, 9.17) is 5.73 Å². The first-order valence-electron chi connectivity index (χ1n) is 6.73. The molecule has 8 heteroatoms. The second-order valence-corrected chi connectivity index (χ2v) is 6.84. The molecule has 0 fully saturated rings. The molecule has 3 N–H and O–H groups in total. The number of hydrogen-bond acceptors (Lipinski definition) is 5. The summed E-state index contributed by atoms with van der Waals surface area (Å²) in [6.45, 7) is 5.51. The van der Waals surface area contributed by atoms with Gasteiger partial charge in [-0.2, -0.15) is 9.40 Å². The minimum atomic E-state index is -3.58. The third-order valence-electron chi connectivity index (χ3n) is 3.19. The highest BCUT2D eigenvalue weighted by Gasteiger charge is 2.28. The largest absolute Gasteiger partial charge is 0.326 e. The van der Waals surface area contributed by atoms with Crippen LogP contribution in [0.5, 0.6) is 0 Å². The summed E-state index contributed by atoms with van der Waals surface area (Å²) in [7, 11) is 0.355. The normalized spacial score (nSPS) is 12.6. The van der Waals surface area contributed by atoms with Gasteiger partial charge in [0, 0.05) is 30.9 Å². The number of aromatic amines is 1. The number of sulfonamides is 1. The van der Waals surface area contributed by atoms with E-state index in [9.17, 15) is 8.42 Å². The van der Waals surface area contributed by atoms with Gasteiger partial charge < -0.3 is 10.6 Å². The molecule has 0 aromatic carbocycles. The first kappa shape index (κ1) is 17.1. The van der Waals surface area contributed by atoms with Crippen LogP contribution in [-0.4, -0.2) is 61.5 Å². The van der Waals surface area contributed by atoms with Crippen molar-refractivity contribution < 1.29 is 8.42 Å². The van der Waals surface area contributed by atoms with Crippen molar-refractivity contribution in [2.75, 3.05) is 33.7 Å². The lowest BCUT2D eigenvalue weighted by atomic mass is 10.3. The fourth-order valence-electron chi connectivity index (χ4n) is 2.02. The van der Waals surface area contributed by atoms with E-state index in [-0.39, 0.29) is 11.6 Å². The average Bonchev–Trinajstić information content (AvgIpc) is 2.75. The fraction of sp³-hybridized carbons (Fsp3) is 0.750. The zero-order chi connectivity index (χ0) is 15.3. The molecule has 1 aromatic rings. The average molecular weight is 303 g/mol. The molecule has 0 atom stereocenters. The summed E-state index contributed by atoms with van der Waals surface area (Å²) < 4.78 is 26.7. The maximum absolute atomic E-state index is 12.6. The van der Waals surface area contributed by atoms with Crippen molar-refractivity contribution in [2.45, 2.75) is 31.8 Å². The maximum Gasteiger partial charge on any atom is 0.262 e. The maximum atomic E-state index is 12.6. The van der Waals surface area contributed by atoms with Crippen molar-refractivity contribution in [3.63, 3.8) is 0 Å². The lowest BCUT2D eigenvalue weighted by Gasteiger charge is -2.20. The quantitative estimate of drug-likeness (QED) is 0.712. The zero-order valence-electron chi connectivity index (χ0n) is 12.7. The number of nitrogens with one attached hydrogen (secondary N) is 1. The topological polar surface area (TPSA) is 95.3 Å². The van der Waals surface area contributed by atoms with Gasteiger partial charge >= 0.3 is 0 Å². The minimum Gasteiger partial charge on any atom is -0.326 e. The van der Waals surface area contributed by atoms with E-state index in [2.05, 4.69) is 10.2 Å². The molecule has 1 aromatic heterocycles. The van der Waals surface area contributed by atoms with Crippen LogP contribution in [0.15, 0.2) is 5.03 Å². The van der Waals surface area contributed by atoms with Crippen molar-refractivity contribution in [3.05, 3.63) is 11.3 Å². The predicted molar refractivity (Wildman–Crippen MR) is 78.8 cm³/mol. The summed E-state index contributed by atoms with van der Waals surface area (Å²) in [5, 5.41) is 6.69. The van der Waals surface area contributed by atoms with E-state index in [1.165, 1.54) is 4.31 Å². The Bertz CT molecular complexity index is 524. The molecule has 20 heavy (non-hydrogen) atoms. The standard InChI is InChI=1S/C12H25N5O2S/c1-5-17(8-6-7-16(3)4)20(18,19)12-11(9-13)10(2)14-15-12/h5-9,13H2,1-4H3,(H,14,15). The molecule has 0 spiro atoms. The second-order valence-electron chi connectivity index (χ2n) is 4.99. The van der Waals surface area contributed by atoms with Crippen LogP contribution in [0.4, 0.5) is 0 Å². The van der Waals surface area contributed by atoms with Gasteiger partial charge in [0.25, 0.3) is 10.0 Å². The fourth-order valence-corrected chi connectivity index (χ4v) is 3.68. The van der Waals surface area contributed by atoms with Crippen LogP contribution in [0, 0.1) is 6.92 Å². The van der Waals surface area contributed by atoms with E-state index < -0.39 is 10.0 Å². The van der Waals surface area contributed by atoms with E-state index in [0.717, 1.165) is 13.0 Å². The Balaban J connectivity index is 2.94. The van der Waals surface area contributed by atoms with Crippen LogP contribution in [0.2, 0.25) is 0 Å². The van der Waals surface area contributed by atoms with Crippen molar-refractivity contribution >= 4 is 10.0 Å². The Kier molecular flexibility index (Phi) is 6.12. The molecule has 0 amide bonds. The molecule has 0 saturated heterocycles. The van der Waals surface area contributed by atoms with E-state index in [1.54, 1.807) is 6.92 Å². The second kappa shape index (κ2) is 7.16. The molecule has 0 radical (unpaired) electrons. The molecule has 116 valence electrons. The van der Waals surface area contributed by atoms with Gasteiger partial charge in [0.15, 0.2) is 5.03 Å². The lowest BCUT2D eigenvalue weighted by molar-refractivity contribution is 0.355. The Hall–Kier alpha value is -0.960.